The minimum atomic E-state index is -0.548. The summed E-state index contributed by atoms with van der Waals surface area (Å²) in [5.74, 6) is 0.573. The van der Waals surface area contributed by atoms with Gasteiger partial charge >= 0.3 is 0 Å². The molecule has 0 aliphatic rings. The van der Waals surface area contributed by atoms with Crippen LogP contribution in [-0.4, -0.2) is 23.1 Å². The van der Waals surface area contributed by atoms with Gasteiger partial charge in [0.15, 0.2) is 17.2 Å². The van der Waals surface area contributed by atoms with E-state index in [1.807, 2.05) is 0 Å². The lowest BCUT2D eigenvalue weighted by Gasteiger charge is -2.10. The normalized spacial score (nSPS) is 10.2. The molecule has 7 heteroatoms. The highest BCUT2D eigenvalue weighted by Crippen LogP contribution is 2.29. The summed E-state index contributed by atoms with van der Waals surface area (Å²) in [5.41, 5.74) is 0.410. The lowest BCUT2D eigenvalue weighted by Crippen LogP contribution is -2.14. The number of benzene rings is 2. The van der Waals surface area contributed by atoms with E-state index in [0.29, 0.717) is 22.2 Å². The standard InChI is InChI=1S/C19H15ClN2O4/c1-25-16-10-11-21-17(18(16)23)19(24)22-13-4-8-15(9-5-13)26-14-6-2-12(20)3-7-14/h2-11,23H,1H3,(H,22,24). The topological polar surface area (TPSA) is 80.7 Å². The fraction of sp³-hybridized carbons (Fsp3) is 0.0526. The van der Waals surface area contributed by atoms with E-state index in [-0.39, 0.29) is 17.2 Å². The fourth-order valence-corrected chi connectivity index (χ4v) is 2.33. The number of pyridine rings is 1. The van der Waals surface area contributed by atoms with Crippen LogP contribution in [0.1, 0.15) is 10.5 Å². The Balaban J connectivity index is 1.69. The van der Waals surface area contributed by atoms with Crippen LogP contribution in [0, 0.1) is 0 Å². The number of anilines is 1. The molecule has 3 rings (SSSR count). The molecule has 0 aliphatic heterocycles. The smallest absolute Gasteiger partial charge is 0.278 e. The Kier molecular flexibility index (Phi) is 5.24. The van der Waals surface area contributed by atoms with Crippen LogP contribution in [0.5, 0.6) is 23.0 Å². The van der Waals surface area contributed by atoms with Crippen molar-refractivity contribution >= 4 is 23.2 Å². The second-order valence-electron chi connectivity index (χ2n) is 5.24. The van der Waals surface area contributed by atoms with E-state index in [0.717, 1.165) is 0 Å². The molecule has 6 nitrogen and oxygen atoms in total. The average Bonchev–Trinajstić information content (AvgIpc) is 2.65. The molecule has 0 bridgehead atoms. The molecule has 0 saturated heterocycles. The van der Waals surface area contributed by atoms with E-state index < -0.39 is 5.91 Å². The molecule has 0 spiro atoms. The first-order chi connectivity index (χ1) is 12.6. The van der Waals surface area contributed by atoms with Crippen molar-refractivity contribution in [2.24, 2.45) is 0 Å². The van der Waals surface area contributed by atoms with E-state index >= 15 is 0 Å². The van der Waals surface area contributed by atoms with Gasteiger partial charge < -0.3 is 19.9 Å². The van der Waals surface area contributed by atoms with Crippen molar-refractivity contribution in [3.05, 3.63) is 71.5 Å². The Morgan fingerprint density at radius 3 is 2.27 bits per heavy atom. The maximum absolute atomic E-state index is 12.3. The van der Waals surface area contributed by atoms with E-state index in [1.54, 1.807) is 48.5 Å². The third-order valence-electron chi connectivity index (χ3n) is 3.48. The Hall–Kier alpha value is -3.25. The number of aromatic nitrogens is 1. The maximum Gasteiger partial charge on any atom is 0.278 e. The molecular weight excluding hydrogens is 356 g/mol. The van der Waals surface area contributed by atoms with Crippen molar-refractivity contribution in [2.45, 2.75) is 0 Å². The summed E-state index contributed by atoms with van der Waals surface area (Å²) in [7, 11) is 1.40. The molecule has 1 amide bonds. The van der Waals surface area contributed by atoms with Crippen LogP contribution in [0.3, 0.4) is 0 Å². The van der Waals surface area contributed by atoms with Gasteiger partial charge in [-0.1, -0.05) is 11.6 Å². The molecule has 2 N–H and O–H groups in total. The molecular formula is C19H15ClN2O4. The fourth-order valence-electron chi connectivity index (χ4n) is 2.20. The van der Waals surface area contributed by atoms with Crippen molar-refractivity contribution in [2.75, 3.05) is 12.4 Å². The molecule has 132 valence electrons. The molecule has 1 heterocycles. The summed E-state index contributed by atoms with van der Waals surface area (Å²) in [6.07, 6.45) is 1.39. The first-order valence-corrected chi connectivity index (χ1v) is 8.01. The molecule has 0 fully saturated rings. The van der Waals surface area contributed by atoms with Crippen molar-refractivity contribution in [3.8, 4) is 23.0 Å². The van der Waals surface area contributed by atoms with Gasteiger partial charge in [0.2, 0.25) is 0 Å². The highest BCUT2D eigenvalue weighted by Gasteiger charge is 2.16. The summed E-state index contributed by atoms with van der Waals surface area (Å²) in [6, 6.07) is 15.2. The Morgan fingerprint density at radius 2 is 1.65 bits per heavy atom. The zero-order valence-electron chi connectivity index (χ0n) is 13.8. The van der Waals surface area contributed by atoms with E-state index in [1.165, 1.54) is 19.4 Å². The summed E-state index contributed by atoms with van der Waals surface area (Å²) >= 11 is 5.84. The van der Waals surface area contributed by atoms with Gasteiger partial charge in [-0.25, -0.2) is 4.98 Å². The minimum Gasteiger partial charge on any atom is -0.503 e. The number of ether oxygens (including phenoxy) is 2. The molecule has 1 aromatic heterocycles. The Labute approximate surface area is 155 Å². The van der Waals surface area contributed by atoms with Gasteiger partial charge in [0.05, 0.1) is 7.11 Å². The minimum absolute atomic E-state index is 0.120. The van der Waals surface area contributed by atoms with Gasteiger partial charge in [-0.15, -0.1) is 0 Å². The number of nitrogens with zero attached hydrogens (tertiary/aromatic N) is 1. The molecule has 26 heavy (non-hydrogen) atoms. The van der Waals surface area contributed by atoms with Crippen LogP contribution in [0.15, 0.2) is 60.8 Å². The summed E-state index contributed by atoms with van der Waals surface area (Å²) in [5, 5.41) is 13.3. The molecule has 0 radical (unpaired) electrons. The first-order valence-electron chi connectivity index (χ1n) is 7.63. The summed E-state index contributed by atoms with van der Waals surface area (Å²) in [6.45, 7) is 0. The summed E-state index contributed by atoms with van der Waals surface area (Å²) < 4.78 is 10.7. The average molecular weight is 371 g/mol. The molecule has 3 aromatic rings. The SMILES string of the molecule is COc1ccnc(C(=O)Nc2ccc(Oc3ccc(Cl)cc3)cc2)c1O. The number of nitrogens with one attached hydrogen (secondary N) is 1. The van der Waals surface area contributed by atoms with Gasteiger partial charge in [-0.3, -0.25) is 4.79 Å². The molecule has 0 atom stereocenters. The number of amides is 1. The predicted octanol–water partition coefficient (Wildman–Crippen LogP) is 4.49. The highest BCUT2D eigenvalue weighted by atomic mass is 35.5. The van der Waals surface area contributed by atoms with Crippen LogP contribution >= 0.6 is 11.6 Å². The Morgan fingerprint density at radius 1 is 1.04 bits per heavy atom. The summed E-state index contributed by atoms with van der Waals surface area (Å²) in [4.78, 5) is 16.2. The third-order valence-corrected chi connectivity index (χ3v) is 3.74. The predicted molar refractivity (Wildman–Crippen MR) is 98.4 cm³/mol. The molecule has 0 saturated carbocycles. The van der Waals surface area contributed by atoms with Gasteiger partial charge in [0.1, 0.15) is 11.5 Å². The number of aromatic hydroxyl groups is 1. The Bertz CT molecular complexity index is 912. The molecule has 0 unspecified atom stereocenters. The highest BCUT2D eigenvalue weighted by molar-refractivity contribution is 6.30. The number of methoxy groups -OCH3 is 1. The van der Waals surface area contributed by atoms with Gasteiger partial charge in [0, 0.05) is 23.0 Å². The monoisotopic (exact) mass is 370 g/mol. The second-order valence-corrected chi connectivity index (χ2v) is 5.68. The lowest BCUT2D eigenvalue weighted by atomic mass is 10.2. The zero-order valence-corrected chi connectivity index (χ0v) is 14.5. The number of carbonyl (C=O) groups is 1. The quantitative estimate of drug-likeness (QED) is 0.691. The van der Waals surface area contributed by atoms with Gasteiger partial charge in [-0.05, 0) is 48.5 Å². The van der Waals surface area contributed by atoms with E-state index in [9.17, 15) is 9.90 Å². The number of rotatable bonds is 5. The van der Waals surface area contributed by atoms with Crippen LogP contribution in [0.4, 0.5) is 5.69 Å². The number of hydrogen-bond donors (Lipinski definition) is 2. The van der Waals surface area contributed by atoms with E-state index in [2.05, 4.69) is 10.3 Å². The van der Waals surface area contributed by atoms with Crippen molar-refractivity contribution < 1.29 is 19.4 Å². The number of carbonyl (C=O) groups excluding carboxylic acids is 1. The molecule has 0 aliphatic carbocycles. The van der Waals surface area contributed by atoms with E-state index in [4.69, 9.17) is 21.1 Å². The van der Waals surface area contributed by atoms with Crippen molar-refractivity contribution in [1.82, 2.24) is 4.98 Å². The third kappa shape index (κ3) is 4.04. The van der Waals surface area contributed by atoms with Gasteiger partial charge in [0.25, 0.3) is 5.91 Å². The van der Waals surface area contributed by atoms with Crippen LogP contribution in [0.2, 0.25) is 5.02 Å². The van der Waals surface area contributed by atoms with Gasteiger partial charge in [-0.2, -0.15) is 0 Å². The molecule has 2 aromatic carbocycles. The largest absolute Gasteiger partial charge is 0.503 e. The number of hydrogen-bond acceptors (Lipinski definition) is 5. The number of halogens is 1. The van der Waals surface area contributed by atoms with Crippen LogP contribution in [0.25, 0.3) is 0 Å². The first kappa shape index (κ1) is 17.6. The van der Waals surface area contributed by atoms with Crippen molar-refractivity contribution in [3.63, 3.8) is 0 Å². The van der Waals surface area contributed by atoms with Crippen LogP contribution in [-0.2, 0) is 0 Å². The van der Waals surface area contributed by atoms with Crippen LogP contribution < -0.4 is 14.8 Å². The maximum atomic E-state index is 12.3. The second kappa shape index (κ2) is 7.76. The zero-order chi connectivity index (χ0) is 18.5. The van der Waals surface area contributed by atoms with Crippen molar-refractivity contribution in [1.29, 1.82) is 0 Å². The lowest BCUT2D eigenvalue weighted by molar-refractivity contribution is 0.101.